The van der Waals surface area contributed by atoms with Gasteiger partial charge < -0.3 is 14.2 Å². The molecule has 1 saturated carbocycles. The van der Waals surface area contributed by atoms with E-state index in [0.29, 0.717) is 25.0 Å². The molecule has 1 atom stereocenters. The highest BCUT2D eigenvalue weighted by atomic mass is 16.5. The molecule has 5 nitrogen and oxygen atoms in total. The first-order valence-corrected chi connectivity index (χ1v) is 13.4. The molecular formula is C30H39N3O2. The van der Waals surface area contributed by atoms with E-state index in [1.807, 2.05) is 6.07 Å². The van der Waals surface area contributed by atoms with Gasteiger partial charge in [0.2, 0.25) is 5.91 Å². The molecule has 3 aromatic rings. The average Bonchev–Trinajstić information content (AvgIpc) is 3.57. The van der Waals surface area contributed by atoms with Gasteiger partial charge in [-0.2, -0.15) is 0 Å². The van der Waals surface area contributed by atoms with Crippen LogP contribution in [0.4, 0.5) is 0 Å². The van der Waals surface area contributed by atoms with Crippen molar-refractivity contribution in [3.63, 3.8) is 0 Å². The number of fused-ring (bicyclic) bond motifs is 1. The van der Waals surface area contributed by atoms with Crippen LogP contribution < -0.4 is 4.74 Å². The number of hydrogen-bond donors (Lipinski definition) is 0. The fourth-order valence-corrected chi connectivity index (χ4v) is 5.73. The van der Waals surface area contributed by atoms with E-state index in [1.165, 1.54) is 23.9 Å². The van der Waals surface area contributed by atoms with E-state index in [1.54, 1.807) is 0 Å². The molecule has 2 aromatic carbocycles. The zero-order chi connectivity index (χ0) is 24.4. The van der Waals surface area contributed by atoms with Gasteiger partial charge in [0.1, 0.15) is 11.6 Å². The van der Waals surface area contributed by atoms with Crippen LogP contribution in [0.1, 0.15) is 83.0 Å². The van der Waals surface area contributed by atoms with Crippen molar-refractivity contribution >= 4 is 16.9 Å². The van der Waals surface area contributed by atoms with E-state index in [4.69, 9.17) is 9.72 Å². The summed E-state index contributed by atoms with van der Waals surface area (Å²) in [7, 11) is 0. The van der Waals surface area contributed by atoms with Gasteiger partial charge in [0.15, 0.2) is 0 Å². The lowest BCUT2D eigenvalue weighted by atomic mass is 9.87. The zero-order valence-corrected chi connectivity index (χ0v) is 21.5. The third kappa shape index (κ3) is 5.24. The summed E-state index contributed by atoms with van der Waals surface area (Å²) in [6, 6.07) is 17.3. The number of amides is 1. The van der Waals surface area contributed by atoms with Gasteiger partial charge in [-0.25, -0.2) is 4.98 Å². The van der Waals surface area contributed by atoms with Gasteiger partial charge in [-0.1, -0.05) is 57.9 Å². The number of benzene rings is 2. The van der Waals surface area contributed by atoms with Crippen molar-refractivity contribution in [2.45, 2.75) is 89.6 Å². The summed E-state index contributed by atoms with van der Waals surface area (Å²) in [5, 5.41) is 0. The number of carbonyl (C=O) groups is 1. The Bertz CT molecular complexity index is 1150. The van der Waals surface area contributed by atoms with E-state index >= 15 is 0 Å². The smallest absolute Gasteiger partial charge is 0.223 e. The van der Waals surface area contributed by atoms with Gasteiger partial charge in [0, 0.05) is 31.5 Å². The quantitative estimate of drug-likeness (QED) is 0.353. The van der Waals surface area contributed by atoms with E-state index in [-0.39, 0.29) is 11.3 Å². The van der Waals surface area contributed by atoms with Crippen LogP contribution >= 0.6 is 0 Å². The largest absolute Gasteiger partial charge is 0.494 e. The van der Waals surface area contributed by atoms with E-state index in [0.717, 1.165) is 55.9 Å². The molecule has 1 aliphatic heterocycles. The Hall–Kier alpha value is -2.82. The number of nitrogens with zero attached hydrogens (tertiary/aromatic N) is 3. The van der Waals surface area contributed by atoms with Crippen LogP contribution in [0.15, 0.2) is 48.5 Å². The summed E-state index contributed by atoms with van der Waals surface area (Å²) in [4.78, 5) is 20.0. The van der Waals surface area contributed by atoms with Crippen LogP contribution in [0.5, 0.6) is 5.75 Å². The van der Waals surface area contributed by atoms with Gasteiger partial charge in [0.05, 0.1) is 17.6 Å². The molecule has 2 heterocycles. The van der Waals surface area contributed by atoms with Crippen LogP contribution in [0.2, 0.25) is 0 Å². The Balaban J connectivity index is 1.21. The molecule has 1 aromatic heterocycles. The van der Waals surface area contributed by atoms with Crippen molar-refractivity contribution in [2.75, 3.05) is 13.2 Å². The minimum Gasteiger partial charge on any atom is -0.494 e. The van der Waals surface area contributed by atoms with Gasteiger partial charge >= 0.3 is 0 Å². The highest BCUT2D eigenvalue weighted by molar-refractivity contribution is 5.81. The van der Waals surface area contributed by atoms with Crippen LogP contribution in [0.25, 0.3) is 11.0 Å². The zero-order valence-electron chi connectivity index (χ0n) is 21.5. The molecule has 0 radical (unpaired) electrons. The average molecular weight is 474 g/mol. The first kappa shape index (κ1) is 23.9. The van der Waals surface area contributed by atoms with E-state index < -0.39 is 0 Å². The van der Waals surface area contributed by atoms with Crippen molar-refractivity contribution in [1.29, 1.82) is 0 Å². The Morgan fingerprint density at radius 1 is 1.00 bits per heavy atom. The number of rotatable bonds is 8. The molecule has 0 N–H and O–H groups in total. The molecule has 35 heavy (non-hydrogen) atoms. The third-order valence-electron chi connectivity index (χ3n) is 7.74. The molecular weight excluding hydrogens is 434 g/mol. The molecule has 5 heteroatoms. The standard InChI is InChI=1S/C30H39N3O2/c1-30(2,3)23-14-16-25(17-15-23)35-19-9-8-18-32-27-13-7-6-12-26(27)31-29(32)22-20-28(34)33(21-22)24-10-4-5-11-24/h6-7,12-17,22,24H,4-5,8-11,18-21H2,1-3H3. The Labute approximate surface area is 209 Å². The maximum atomic E-state index is 12.9. The van der Waals surface area contributed by atoms with E-state index in [9.17, 15) is 4.79 Å². The van der Waals surface area contributed by atoms with Crippen molar-refractivity contribution < 1.29 is 9.53 Å². The number of aryl methyl sites for hydroxylation is 1. The Morgan fingerprint density at radius 2 is 1.74 bits per heavy atom. The van der Waals surface area contributed by atoms with Gasteiger partial charge in [-0.05, 0) is 60.9 Å². The molecule has 186 valence electrons. The second-order valence-corrected chi connectivity index (χ2v) is 11.3. The molecule has 0 bridgehead atoms. The molecule has 2 fully saturated rings. The molecule has 1 aliphatic carbocycles. The number of ether oxygens (including phenoxy) is 1. The van der Waals surface area contributed by atoms with Crippen LogP contribution in [0.3, 0.4) is 0 Å². The van der Waals surface area contributed by atoms with Crippen LogP contribution in [-0.4, -0.2) is 39.6 Å². The lowest BCUT2D eigenvalue weighted by molar-refractivity contribution is -0.129. The fourth-order valence-electron chi connectivity index (χ4n) is 5.73. The van der Waals surface area contributed by atoms with Gasteiger partial charge in [-0.15, -0.1) is 0 Å². The van der Waals surface area contributed by atoms with E-state index in [2.05, 4.69) is 72.7 Å². The van der Waals surface area contributed by atoms with Crippen LogP contribution in [0, 0.1) is 0 Å². The number of aromatic nitrogens is 2. The normalized spacial score (nSPS) is 19.2. The van der Waals surface area contributed by atoms with Gasteiger partial charge in [-0.3, -0.25) is 4.79 Å². The number of carbonyl (C=O) groups excluding carboxylic acids is 1. The summed E-state index contributed by atoms with van der Waals surface area (Å²) in [5.41, 5.74) is 3.68. The number of hydrogen-bond acceptors (Lipinski definition) is 3. The highest BCUT2D eigenvalue weighted by Gasteiger charge is 2.38. The first-order valence-electron chi connectivity index (χ1n) is 13.4. The molecule has 1 amide bonds. The Kier molecular flexibility index (Phi) is 6.86. The predicted octanol–water partition coefficient (Wildman–Crippen LogP) is 6.45. The second kappa shape index (κ2) is 10.0. The maximum absolute atomic E-state index is 12.9. The topological polar surface area (TPSA) is 47.4 Å². The van der Waals surface area contributed by atoms with Crippen molar-refractivity contribution in [3.8, 4) is 5.75 Å². The first-order chi connectivity index (χ1) is 16.9. The number of para-hydroxylation sites is 2. The SMILES string of the molecule is CC(C)(C)c1ccc(OCCCCn2c(C3CC(=O)N(C4CCCC4)C3)nc3ccccc32)cc1. The molecule has 5 rings (SSSR count). The number of imidazole rings is 1. The molecule has 2 aliphatic rings. The maximum Gasteiger partial charge on any atom is 0.223 e. The number of likely N-dealkylation sites (tertiary alicyclic amines) is 1. The minimum absolute atomic E-state index is 0.155. The lowest BCUT2D eigenvalue weighted by Crippen LogP contribution is -2.34. The molecule has 0 spiro atoms. The Morgan fingerprint density at radius 3 is 2.49 bits per heavy atom. The van der Waals surface area contributed by atoms with Crippen LogP contribution in [-0.2, 0) is 16.8 Å². The summed E-state index contributed by atoms with van der Waals surface area (Å²) >= 11 is 0. The third-order valence-corrected chi connectivity index (χ3v) is 7.74. The number of unbranched alkanes of at least 4 members (excludes halogenated alkanes) is 1. The molecule has 1 saturated heterocycles. The summed E-state index contributed by atoms with van der Waals surface area (Å²) < 4.78 is 8.38. The fraction of sp³-hybridized carbons (Fsp3) is 0.533. The molecule has 1 unspecified atom stereocenters. The summed E-state index contributed by atoms with van der Waals surface area (Å²) in [6.45, 7) is 9.10. The summed E-state index contributed by atoms with van der Waals surface area (Å²) in [5.74, 6) is 2.52. The van der Waals surface area contributed by atoms with Crippen molar-refractivity contribution in [1.82, 2.24) is 14.5 Å². The van der Waals surface area contributed by atoms with Crippen molar-refractivity contribution in [2.24, 2.45) is 0 Å². The summed E-state index contributed by atoms with van der Waals surface area (Å²) in [6.07, 6.45) is 7.40. The highest BCUT2D eigenvalue weighted by Crippen LogP contribution is 2.35. The monoisotopic (exact) mass is 473 g/mol. The van der Waals surface area contributed by atoms with Gasteiger partial charge in [0.25, 0.3) is 0 Å². The predicted molar refractivity (Wildman–Crippen MR) is 141 cm³/mol. The second-order valence-electron chi connectivity index (χ2n) is 11.3. The van der Waals surface area contributed by atoms with Crippen molar-refractivity contribution in [3.05, 3.63) is 59.9 Å². The minimum atomic E-state index is 0.155. The lowest BCUT2D eigenvalue weighted by Gasteiger charge is -2.24.